The second-order valence-electron chi connectivity index (χ2n) is 6.61. The van der Waals surface area contributed by atoms with Crippen LogP contribution >= 0.6 is 11.8 Å². The van der Waals surface area contributed by atoms with Gasteiger partial charge in [-0.05, 0) is 31.6 Å². The van der Waals surface area contributed by atoms with Crippen molar-refractivity contribution in [2.75, 3.05) is 32.1 Å². The van der Waals surface area contributed by atoms with E-state index in [1.165, 1.54) is 31.2 Å². The third-order valence-corrected chi connectivity index (χ3v) is 5.41. The van der Waals surface area contributed by atoms with E-state index in [0.717, 1.165) is 24.8 Å². The van der Waals surface area contributed by atoms with Crippen molar-refractivity contribution in [3.8, 4) is 0 Å². The quantitative estimate of drug-likeness (QED) is 0.384. The van der Waals surface area contributed by atoms with Gasteiger partial charge < -0.3 is 16.0 Å². The van der Waals surface area contributed by atoms with Crippen LogP contribution in [0.1, 0.15) is 44.2 Å². The molecule has 0 amide bonds. The van der Waals surface area contributed by atoms with Crippen molar-refractivity contribution in [1.29, 1.82) is 0 Å². The van der Waals surface area contributed by atoms with Gasteiger partial charge in [-0.25, -0.2) is 0 Å². The molecule has 1 unspecified atom stereocenters. The van der Waals surface area contributed by atoms with Crippen LogP contribution in [0, 0.1) is 0 Å². The molecular weight excluding hydrogens is 316 g/mol. The Kier molecular flexibility index (Phi) is 7.92. The monoisotopic (exact) mass is 348 g/mol. The van der Waals surface area contributed by atoms with Gasteiger partial charge >= 0.3 is 0 Å². The first-order chi connectivity index (χ1) is 11.7. The standard InChI is InChI=1S/C19H32N4S/c1-16(17-9-5-4-6-10-17)23-19(11-7-8-12-19)15-22-18(20-2)21-13-14-24-3/h4-6,9-10,16,23H,7-8,11-15H2,1-3H3,(H2,20,21,22). The van der Waals surface area contributed by atoms with Crippen LogP contribution < -0.4 is 16.0 Å². The molecule has 1 fully saturated rings. The second-order valence-corrected chi connectivity index (χ2v) is 7.60. The van der Waals surface area contributed by atoms with E-state index in [2.05, 4.69) is 64.5 Å². The van der Waals surface area contributed by atoms with Gasteiger partial charge in [0, 0.05) is 37.5 Å². The number of nitrogens with zero attached hydrogens (tertiary/aromatic N) is 1. The Hall–Kier alpha value is -1.20. The largest absolute Gasteiger partial charge is 0.356 e. The Bertz CT molecular complexity index is 497. The molecule has 134 valence electrons. The lowest BCUT2D eigenvalue weighted by Gasteiger charge is -2.35. The molecule has 1 saturated carbocycles. The number of aliphatic imine (C=N–C) groups is 1. The highest BCUT2D eigenvalue weighted by Gasteiger charge is 2.35. The lowest BCUT2D eigenvalue weighted by Crippen LogP contribution is -2.54. The maximum absolute atomic E-state index is 4.35. The minimum Gasteiger partial charge on any atom is -0.356 e. The van der Waals surface area contributed by atoms with Crippen molar-refractivity contribution in [1.82, 2.24) is 16.0 Å². The van der Waals surface area contributed by atoms with E-state index in [9.17, 15) is 0 Å². The minimum absolute atomic E-state index is 0.159. The molecule has 0 aromatic heterocycles. The molecule has 1 aliphatic rings. The van der Waals surface area contributed by atoms with Crippen molar-refractivity contribution in [3.63, 3.8) is 0 Å². The molecule has 0 spiro atoms. The summed E-state index contributed by atoms with van der Waals surface area (Å²) in [6.07, 6.45) is 7.17. The molecule has 5 heteroatoms. The second kappa shape index (κ2) is 9.94. The van der Waals surface area contributed by atoms with Gasteiger partial charge in [0.25, 0.3) is 0 Å². The van der Waals surface area contributed by atoms with Gasteiger partial charge in [0.05, 0.1) is 0 Å². The smallest absolute Gasteiger partial charge is 0.191 e. The molecule has 3 N–H and O–H groups in total. The van der Waals surface area contributed by atoms with Gasteiger partial charge in [-0.2, -0.15) is 11.8 Å². The predicted molar refractivity (Wildman–Crippen MR) is 107 cm³/mol. The van der Waals surface area contributed by atoms with E-state index in [1.54, 1.807) is 0 Å². The van der Waals surface area contributed by atoms with Gasteiger partial charge in [-0.1, -0.05) is 43.2 Å². The number of thioether (sulfide) groups is 1. The molecule has 1 aromatic carbocycles. The highest BCUT2D eigenvalue weighted by molar-refractivity contribution is 7.98. The maximum Gasteiger partial charge on any atom is 0.191 e. The average Bonchev–Trinajstić information content (AvgIpc) is 3.07. The van der Waals surface area contributed by atoms with Crippen LogP contribution in [-0.2, 0) is 0 Å². The number of guanidine groups is 1. The summed E-state index contributed by atoms with van der Waals surface area (Å²) in [4.78, 5) is 4.35. The zero-order valence-corrected chi connectivity index (χ0v) is 16.1. The summed E-state index contributed by atoms with van der Waals surface area (Å²) in [6, 6.07) is 11.1. The molecule has 1 aliphatic carbocycles. The molecule has 24 heavy (non-hydrogen) atoms. The zero-order chi connectivity index (χ0) is 17.3. The van der Waals surface area contributed by atoms with Crippen LogP contribution in [0.5, 0.6) is 0 Å². The summed E-state index contributed by atoms with van der Waals surface area (Å²) in [6.45, 7) is 4.13. The Morgan fingerprint density at radius 1 is 1.21 bits per heavy atom. The molecular formula is C19H32N4S. The molecule has 1 atom stereocenters. The molecule has 4 nitrogen and oxygen atoms in total. The summed E-state index contributed by atoms with van der Waals surface area (Å²) in [5, 5.41) is 10.8. The Morgan fingerprint density at radius 2 is 1.92 bits per heavy atom. The third-order valence-electron chi connectivity index (χ3n) is 4.80. The summed E-state index contributed by atoms with van der Waals surface area (Å²) in [5.74, 6) is 2.00. The maximum atomic E-state index is 4.35. The Morgan fingerprint density at radius 3 is 2.54 bits per heavy atom. The van der Waals surface area contributed by atoms with Crippen LogP contribution in [0.4, 0.5) is 0 Å². The fourth-order valence-electron chi connectivity index (χ4n) is 3.45. The Labute approximate surface area is 151 Å². The first kappa shape index (κ1) is 19.1. The third kappa shape index (κ3) is 5.71. The summed E-state index contributed by atoms with van der Waals surface area (Å²) < 4.78 is 0. The van der Waals surface area contributed by atoms with Gasteiger partial charge in [-0.3, -0.25) is 4.99 Å². The van der Waals surface area contributed by atoms with E-state index < -0.39 is 0 Å². The first-order valence-electron chi connectivity index (χ1n) is 8.95. The number of hydrogen-bond acceptors (Lipinski definition) is 3. The predicted octanol–water partition coefficient (Wildman–Crippen LogP) is 3.18. The normalized spacial score (nSPS) is 18.4. The summed E-state index contributed by atoms with van der Waals surface area (Å²) in [5.41, 5.74) is 1.51. The zero-order valence-electron chi connectivity index (χ0n) is 15.3. The van der Waals surface area contributed by atoms with Crippen molar-refractivity contribution >= 4 is 17.7 Å². The molecule has 2 rings (SSSR count). The number of hydrogen-bond donors (Lipinski definition) is 3. The van der Waals surface area contributed by atoms with Crippen molar-refractivity contribution in [2.24, 2.45) is 4.99 Å². The van der Waals surface area contributed by atoms with E-state index in [4.69, 9.17) is 0 Å². The fourth-order valence-corrected chi connectivity index (χ4v) is 3.76. The first-order valence-corrected chi connectivity index (χ1v) is 10.3. The number of benzene rings is 1. The van der Waals surface area contributed by atoms with Gasteiger partial charge in [0.1, 0.15) is 0 Å². The van der Waals surface area contributed by atoms with Gasteiger partial charge in [0.15, 0.2) is 5.96 Å². The Balaban J connectivity index is 1.92. The van der Waals surface area contributed by atoms with Crippen LogP contribution in [-0.4, -0.2) is 43.6 Å². The van der Waals surface area contributed by atoms with Crippen molar-refractivity contribution in [2.45, 2.75) is 44.2 Å². The van der Waals surface area contributed by atoms with Crippen molar-refractivity contribution in [3.05, 3.63) is 35.9 Å². The van der Waals surface area contributed by atoms with E-state index in [0.29, 0.717) is 6.04 Å². The highest BCUT2D eigenvalue weighted by Crippen LogP contribution is 2.31. The topological polar surface area (TPSA) is 48.5 Å². The SMILES string of the molecule is CN=C(NCCSC)NCC1(NC(C)c2ccccc2)CCCC1. The van der Waals surface area contributed by atoms with Crippen LogP contribution in [0.15, 0.2) is 35.3 Å². The number of nitrogens with one attached hydrogen (secondary N) is 3. The average molecular weight is 349 g/mol. The highest BCUT2D eigenvalue weighted by atomic mass is 32.2. The molecule has 0 heterocycles. The molecule has 0 aliphatic heterocycles. The fraction of sp³-hybridized carbons (Fsp3) is 0.632. The molecule has 0 radical (unpaired) electrons. The molecule has 0 bridgehead atoms. The molecule has 1 aromatic rings. The lowest BCUT2D eigenvalue weighted by atomic mass is 9.94. The molecule has 0 saturated heterocycles. The minimum atomic E-state index is 0.159. The van der Waals surface area contributed by atoms with Crippen molar-refractivity contribution < 1.29 is 0 Å². The van der Waals surface area contributed by atoms with E-state index in [-0.39, 0.29) is 5.54 Å². The van der Waals surface area contributed by atoms with Gasteiger partial charge in [-0.15, -0.1) is 0 Å². The lowest BCUT2D eigenvalue weighted by molar-refractivity contribution is 0.297. The van der Waals surface area contributed by atoms with Crippen LogP contribution in [0.3, 0.4) is 0 Å². The van der Waals surface area contributed by atoms with E-state index in [1.807, 2.05) is 18.8 Å². The van der Waals surface area contributed by atoms with Crippen LogP contribution in [0.2, 0.25) is 0 Å². The van der Waals surface area contributed by atoms with Crippen LogP contribution in [0.25, 0.3) is 0 Å². The number of rotatable bonds is 8. The summed E-state index contributed by atoms with van der Waals surface area (Å²) >= 11 is 1.85. The van der Waals surface area contributed by atoms with E-state index >= 15 is 0 Å². The summed E-state index contributed by atoms with van der Waals surface area (Å²) in [7, 11) is 1.84. The van der Waals surface area contributed by atoms with Gasteiger partial charge in [0.2, 0.25) is 0 Å².